The highest BCUT2D eigenvalue weighted by molar-refractivity contribution is 5.83. The second kappa shape index (κ2) is 6.39. The molecule has 0 fully saturated rings. The van der Waals surface area contributed by atoms with E-state index in [4.69, 9.17) is 9.47 Å². The Morgan fingerprint density at radius 1 is 1.23 bits per heavy atom. The number of ether oxygens (including phenoxy) is 2. The summed E-state index contributed by atoms with van der Waals surface area (Å²) in [5, 5.41) is 0. The number of hydrogen-bond donors (Lipinski definition) is 0. The van der Waals surface area contributed by atoms with Gasteiger partial charge < -0.3 is 14.4 Å². The maximum absolute atomic E-state index is 12.7. The summed E-state index contributed by atoms with van der Waals surface area (Å²) in [7, 11) is 4.06. The predicted octanol–water partition coefficient (Wildman–Crippen LogP) is 3.05. The van der Waals surface area contributed by atoms with Gasteiger partial charge in [-0.15, -0.1) is 0 Å². The third-order valence-corrected chi connectivity index (χ3v) is 4.18. The fourth-order valence-corrected chi connectivity index (χ4v) is 3.24. The van der Waals surface area contributed by atoms with E-state index >= 15 is 0 Å². The lowest BCUT2D eigenvalue weighted by Gasteiger charge is -2.31. The number of benzene rings is 1. The molecule has 122 valence electrons. The van der Waals surface area contributed by atoms with Gasteiger partial charge in [-0.1, -0.05) is 24.3 Å². The monoisotopic (exact) mass is 305 g/mol. The fraction of sp³-hybridized carbons (Fsp3) is 0.611. The van der Waals surface area contributed by atoms with Gasteiger partial charge in [0.1, 0.15) is 0 Å². The maximum atomic E-state index is 12.7. The third kappa shape index (κ3) is 3.03. The van der Waals surface area contributed by atoms with Crippen LogP contribution < -0.4 is 0 Å². The first-order valence-electron chi connectivity index (χ1n) is 7.95. The van der Waals surface area contributed by atoms with Crippen molar-refractivity contribution in [2.24, 2.45) is 0 Å². The van der Waals surface area contributed by atoms with E-state index in [0.717, 1.165) is 24.1 Å². The summed E-state index contributed by atoms with van der Waals surface area (Å²) in [6.07, 6.45) is 1.50. The van der Waals surface area contributed by atoms with Crippen molar-refractivity contribution in [2.75, 3.05) is 27.2 Å². The van der Waals surface area contributed by atoms with Gasteiger partial charge in [0.2, 0.25) is 0 Å². The Balaban J connectivity index is 2.40. The van der Waals surface area contributed by atoms with Crippen molar-refractivity contribution >= 4 is 5.97 Å². The second-order valence-corrected chi connectivity index (χ2v) is 6.61. The first kappa shape index (κ1) is 17.0. The quantitative estimate of drug-likeness (QED) is 0.757. The molecule has 1 aromatic rings. The zero-order chi connectivity index (χ0) is 16.4. The van der Waals surface area contributed by atoms with Gasteiger partial charge >= 0.3 is 5.97 Å². The highest BCUT2D eigenvalue weighted by Crippen LogP contribution is 2.49. The van der Waals surface area contributed by atoms with Crippen LogP contribution in [-0.2, 0) is 25.5 Å². The van der Waals surface area contributed by atoms with E-state index in [2.05, 4.69) is 4.90 Å². The van der Waals surface area contributed by atoms with Crippen molar-refractivity contribution in [1.82, 2.24) is 4.90 Å². The van der Waals surface area contributed by atoms with Crippen molar-refractivity contribution in [3.8, 4) is 0 Å². The molecule has 0 radical (unpaired) electrons. The van der Waals surface area contributed by atoms with Crippen molar-refractivity contribution < 1.29 is 14.3 Å². The van der Waals surface area contributed by atoms with E-state index in [9.17, 15) is 4.79 Å². The van der Waals surface area contributed by atoms with E-state index in [1.165, 1.54) is 0 Å². The molecule has 1 aromatic carbocycles. The molecule has 0 saturated heterocycles. The van der Waals surface area contributed by atoms with Gasteiger partial charge in [0.05, 0.1) is 12.2 Å². The Bertz CT molecular complexity index is 539. The summed E-state index contributed by atoms with van der Waals surface area (Å²) in [5.41, 5.74) is 0.568. The molecule has 0 spiro atoms. The Morgan fingerprint density at radius 3 is 2.45 bits per heavy atom. The fourth-order valence-electron chi connectivity index (χ4n) is 3.24. The average molecular weight is 305 g/mol. The van der Waals surface area contributed by atoms with Gasteiger partial charge in [-0.25, -0.2) is 4.79 Å². The van der Waals surface area contributed by atoms with Crippen LogP contribution >= 0.6 is 0 Å². The molecule has 1 aliphatic rings. The topological polar surface area (TPSA) is 38.8 Å². The molecule has 0 amide bonds. The number of nitrogens with zero attached hydrogens (tertiary/aromatic N) is 1. The summed E-state index contributed by atoms with van der Waals surface area (Å²) in [6, 6.07) is 7.99. The van der Waals surface area contributed by atoms with E-state index in [0.29, 0.717) is 13.0 Å². The van der Waals surface area contributed by atoms with Crippen LogP contribution in [0.15, 0.2) is 24.3 Å². The lowest BCUT2D eigenvalue weighted by molar-refractivity contribution is -0.190. The van der Waals surface area contributed by atoms with Gasteiger partial charge in [0, 0.05) is 5.56 Å². The summed E-state index contributed by atoms with van der Waals surface area (Å²) in [5.74, 6) is -0.271. The number of esters is 1. The number of hydrogen-bond acceptors (Lipinski definition) is 4. The van der Waals surface area contributed by atoms with Crippen LogP contribution in [0.5, 0.6) is 0 Å². The highest BCUT2D eigenvalue weighted by Gasteiger charge is 2.54. The number of carbonyl (C=O) groups is 1. The minimum absolute atomic E-state index is 0.271. The van der Waals surface area contributed by atoms with Gasteiger partial charge in [-0.2, -0.15) is 0 Å². The van der Waals surface area contributed by atoms with Crippen LogP contribution in [0.25, 0.3) is 0 Å². The molecule has 1 heterocycles. The normalized spacial score (nSPS) is 22.6. The molecular weight excluding hydrogens is 278 g/mol. The predicted molar refractivity (Wildman–Crippen MR) is 86.7 cm³/mol. The van der Waals surface area contributed by atoms with Gasteiger partial charge in [-0.05, 0) is 59.8 Å². The van der Waals surface area contributed by atoms with Gasteiger partial charge in [0.15, 0.2) is 5.60 Å². The maximum Gasteiger partial charge on any atom is 0.343 e. The molecule has 1 unspecified atom stereocenters. The number of rotatable bonds is 6. The summed E-state index contributed by atoms with van der Waals surface area (Å²) in [6.45, 7) is 7.13. The second-order valence-electron chi connectivity index (χ2n) is 6.61. The summed E-state index contributed by atoms with van der Waals surface area (Å²) in [4.78, 5) is 14.8. The van der Waals surface area contributed by atoms with Crippen LogP contribution in [-0.4, -0.2) is 38.1 Å². The van der Waals surface area contributed by atoms with Crippen molar-refractivity contribution in [2.45, 2.75) is 44.8 Å². The molecule has 0 N–H and O–H groups in total. The van der Waals surface area contributed by atoms with E-state index in [1.54, 1.807) is 0 Å². The van der Waals surface area contributed by atoms with E-state index < -0.39 is 11.2 Å². The summed E-state index contributed by atoms with van der Waals surface area (Å²) < 4.78 is 11.7. The van der Waals surface area contributed by atoms with Crippen molar-refractivity contribution in [1.29, 1.82) is 0 Å². The standard InChI is InChI=1S/C18H27NO3/c1-6-21-16(20)18(12-9-13-19(4)5)15-11-8-7-10-14(15)17(2,3)22-18/h7-8,10-11H,6,9,12-13H2,1-5H3. The smallest absolute Gasteiger partial charge is 0.343 e. The Morgan fingerprint density at radius 2 is 1.86 bits per heavy atom. The van der Waals surface area contributed by atoms with Crippen molar-refractivity contribution in [3.63, 3.8) is 0 Å². The highest BCUT2D eigenvalue weighted by atomic mass is 16.6. The average Bonchev–Trinajstić information content (AvgIpc) is 2.68. The van der Waals surface area contributed by atoms with Crippen LogP contribution in [0.3, 0.4) is 0 Å². The molecule has 1 atom stereocenters. The van der Waals surface area contributed by atoms with Crippen molar-refractivity contribution in [3.05, 3.63) is 35.4 Å². The SMILES string of the molecule is CCOC(=O)C1(CCCN(C)C)OC(C)(C)c2ccccc21. The minimum atomic E-state index is -0.980. The Labute approximate surface area is 133 Å². The molecule has 0 aliphatic carbocycles. The Hall–Kier alpha value is -1.39. The third-order valence-electron chi connectivity index (χ3n) is 4.18. The zero-order valence-corrected chi connectivity index (χ0v) is 14.3. The molecular formula is C18H27NO3. The molecule has 22 heavy (non-hydrogen) atoms. The lowest BCUT2D eigenvalue weighted by Crippen LogP contribution is -2.40. The van der Waals surface area contributed by atoms with Crippen LogP contribution in [0.2, 0.25) is 0 Å². The molecule has 0 aromatic heterocycles. The van der Waals surface area contributed by atoms with Gasteiger partial charge in [0.25, 0.3) is 0 Å². The minimum Gasteiger partial charge on any atom is -0.464 e. The zero-order valence-electron chi connectivity index (χ0n) is 14.3. The molecule has 4 heteroatoms. The molecule has 2 rings (SSSR count). The van der Waals surface area contributed by atoms with E-state index in [-0.39, 0.29) is 5.97 Å². The summed E-state index contributed by atoms with van der Waals surface area (Å²) >= 11 is 0. The Kier molecular flexibility index (Phi) is 4.93. The van der Waals surface area contributed by atoms with Crippen LogP contribution in [0.4, 0.5) is 0 Å². The molecule has 1 aliphatic heterocycles. The van der Waals surface area contributed by atoms with E-state index in [1.807, 2.05) is 59.1 Å². The number of carbonyl (C=O) groups excluding carboxylic acids is 1. The lowest BCUT2D eigenvalue weighted by atomic mass is 9.86. The largest absolute Gasteiger partial charge is 0.464 e. The first-order valence-corrected chi connectivity index (χ1v) is 7.95. The van der Waals surface area contributed by atoms with Crippen LogP contribution in [0.1, 0.15) is 44.7 Å². The molecule has 4 nitrogen and oxygen atoms in total. The van der Waals surface area contributed by atoms with Gasteiger partial charge in [-0.3, -0.25) is 0 Å². The van der Waals surface area contributed by atoms with Crippen LogP contribution in [0, 0.1) is 0 Å². The number of fused-ring (bicyclic) bond motifs is 1. The molecule has 0 saturated carbocycles. The molecule has 0 bridgehead atoms. The first-order chi connectivity index (χ1) is 10.3.